The second kappa shape index (κ2) is 3.67. The van der Waals surface area contributed by atoms with Crippen LogP contribution in [0.3, 0.4) is 0 Å². The van der Waals surface area contributed by atoms with E-state index in [1.54, 1.807) is 6.07 Å². The Balaban J connectivity index is 2.44. The van der Waals surface area contributed by atoms with E-state index >= 15 is 0 Å². The molecule has 0 aliphatic carbocycles. The van der Waals surface area contributed by atoms with Gasteiger partial charge in [0.05, 0.1) is 4.90 Å². The first kappa shape index (κ1) is 9.02. The molecule has 1 N–H and O–H groups in total. The summed E-state index contributed by atoms with van der Waals surface area (Å²) in [5.74, 6) is 0. The van der Waals surface area contributed by atoms with Crippen LogP contribution < -0.4 is 0 Å². The molecule has 0 amide bonds. The molecule has 1 aromatic carbocycles. The number of thiol groups is 1. The maximum atomic E-state index is 10.7. The summed E-state index contributed by atoms with van der Waals surface area (Å²) < 4.78 is 21.3. The molecule has 0 atom stereocenters. The Morgan fingerprint density at radius 1 is 1.07 bits per heavy atom. The second-order valence-electron chi connectivity index (χ2n) is 2.89. The molecule has 0 spiro atoms. The first-order valence-electron chi connectivity index (χ1n) is 4.15. The third kappa shape index (κ3) is 1.70. The van der Waals surface area contributed by atoms with Crippen LogP contribution in [0.25, 0.3) is 11.3 Å². The fraction of sp³-hybridized carbons (Fsp3) is 0. The first-order valence-corrected chi connectivity index (χ1v) is 5.33. The molecular formula is C10H9NO2S. The third-order valence-electron chi connectivity index (χ3n) is 1.96. The van der Waals surface area contributed by atoms with Crippen molar-refractivity contribution < 1.29 is 8.42 Å². The summed E-state index contributed by atoms with van der Waals surface area (Å²) in [5.41, 5.74) is 1.80. The molecule has 0 unspecified atom stereocenters. The Morgan fingerprint density at radius 2 is 1.79 bits per heavy atom. The number of hydrogen-bond donors (Lipinski definition) is 2. The van der Waals surface area contributed by atoms with Gasteiger partial charge in [-0.1, -0.05) is 30.3 Å². The van der Waals surface area contributed by atoms with Crippen LogP contribution in [0.5, 0.6) is 0 Å². The highest BCUT2D eigenvalue weighted by Crippen LogP contribution is 2.18. The molecule has 0 aliphatic rings. The summed E-state index contributed by atoms with van der Waals surface area (Å²) in [6, 6.07) is 11.2. The van der Waals surface area contributed by atoms with Crippen molar-refractivity contribution in [1.29, 1.82) is 0 Å². The lowest BCUT2D eigenvalue weighted by molar-refractivity contribution is 0.614. The summed E-state index contributed by atoms with van der Waals surface area (Å²) in [7, 11) is -2.50. The number of hydrogen-bond acceptors (Lipinski definition) is 2. The highest BCUT2D eigenvalue weighted by Gasteiger charge is 2.01. The largest absolute Gasteiger partial charge is 0.360 e. The SMILES string of the molecule is O=[SH](=O)c1c[nH]c(-c2ccccc2)c1. The Kier molecular flexibility index (Phi) is 2.37. The number of aromatic amines is 1. The summed E-state index contributed by atoms with van der Waals surface area (Å²) in [6.45, 7) is 0. The van der Waals surface area contributed by atoms with Crippen LogP contribution in [-0.4, -0.2) is 13.4 Å². The zero-order valence-electron chi connectivity index (χ0n) is 7.31. The van der Waals surface area contributed by atoms with Gasteiger partial charge in [-0.3, -0.25) is 0 Å². The lowest BCUT2D eigenvalue weighted by Gasteiger charge is -1.94. The van der Waals surface area contributed by atoms with Gasteiger partial charge in [0.25, 0.3) is 0 Å². The zero-order valence-corrected chi connectivity index (χ0v) is 8.20. The number of H-pyrrole nitrogens is 1. The van der Waals surface area contributed by atoms with Gasteiger partial charge in [-0.05, 0) is 11.6 Å². The van der Waals surface area contributed by atoms with E-state index in [4.69, 9.17) is 0 Å². The Bertz CT molecular complexity index is 492. The first-order chi connectivity index (χ1) is 6.77. The molecule has 1 heterocycles. The lowest BCUT2D eigenvalue weighted by Crippen LogP contribution is -1.74. The molecule has 14 heavy (non-hydrogen) atoms. The van der Waals surface area contributed by atoms with Crippen molar-refractivity contribution >= 4 is 10.7 Å². The van der Waals surface area contributed by atoms with Gasteiger partial charge in [0.1, 0.15) is 0 Å². The van der Waals surface area contributed by atoms with Crippen LogP contribution in [0.1, 0.15) is 0 Å². The van der Waals surface area contributed by atoms with E-state index in [2.05, 4.69) is 4.98 Å². The minimum absolute atomic E-state index is 0.318. The molecule has 0 aliphatic heterocycles. The van der Waals surface area contributed by atoms with Crippen LogP contribution in [0.4, 0.5) is 0 Å². The van der Waals surface area contributed by atoms with Crippen molar-refractivity contribution in [2.75, 3.05) is 0 Å². The van der Waals surface area contributed by atoms with Crippen LogP contribution in [0, 0.1) is 0 Å². The van der Waals surface area contributed by atoms with Crippen LogP contribution in [0.2, 0.25) is 0 Å². The normalized spacial score (nSPS) is 10.6. The van der Waals surface area contributed by atoms with Gasteiger partial charge in [0.15, 0.2) is 10.7 Å². The molecule has 3 nitrogen and oxygen atoms in total. The van der Waals surface area contributed by atoms with Crippen LogP contribution in [-0.2, 0) is 10.7 Å². The summed E-state index contributed by atoms with van der Waals surface area (Å²) in [6.07, 6.45) is 1.49. The average Bonchev–Trinajstić information content (AvgIpc) is 2.68. The molecule has 1 aromatic heterocycles. The predicted molar refractivity (Wildman–Crippen MR) is 54.8 cm³/mol. The van der Waals surface area contributed by atoms with Gasteiger partial charge in [-0.2, -0.15) is 0 Å². The summed E-state index contributed by atoms with van der Waals surface area (Å²) in [4.78, 5) is 3.24. The molecule has 72 valence electrons. The monoisotopic (exact) mass is 207 g/mol. The Morgan fingerprint density at radius 3 is 2.36 bits per heavy atom. The Hall–Kier alpha value is -1.55. The smallest absolute Gasteiger partial charge is 0.169 e. The van der Waals surface area contributed by atoms with E-state index in [1.807, 2.05) is 30.3 Å². The number of benzene rings is 1. The number of rotatable bonds is 2. The van der Waals surface area contributed by atoms with Gasteiger partial charge in [-0.25, -0.2) is 8.42 Å². The molecule has 2 aromatic rings. The van der Waals surface area contributed by atoms with E-state index in [-0.39, 0.29) is 0 Å². The third-order valence-corrected chi connectivity index (χ3v) is 2.64. The van der Waals surface area contributed by atoms with E-state index in [9.17, 15) is 8.42 Å². The van der Waals surface area contributed by atoms with Crippen molar-refractivity contribution in [1.82, 2.24) is 4.98 Å². The van der Waals surface area contributed by atoms with E-state index in [0.29, 0.717) is 4.90 Å². The van der Waals surface area contributed by atoms with Gasteiger partial charge in [0, 0.05) is 11.9 Å². The van der Waals surface area contributed by atoms with Gasteiger partial charge in [-0.15, -0.1) is 0 Å². The molecule has 0 saturated heterocycles. The minimum atomic E-state index is -2.50. The topological polar surface area (TPSA) is 49.9 Å². The fourth-order valence-electron chi connectivity index (χ4n) is 1.27. The van der Waals surface area contributed by atoms with Crippen molar-refractivity contribution in [2.45, 2.75) is 4.90 Å². The molecule has 2 rings (SSSR count). The van der Waals surface area contributed by atoms with E-state index in [0.717, 1.165) is 11.3 Å². The molecule has 0 bridgehead atoms. The maximum Gasteiger partial charge on any atom is 0.169 e. The molecule has 0 saturated carbocycles. The fourth-order valence-corrected chi connectivity index (χ4v) is 1.68. The number of nitrogens with one attached hydrogen (secondary N) is 1. The minimum Gasteiger partial charge on any atom is -0.360 e. The van der Waals surface area contributed by atoms with Crippen molar-refractivity contribution in [3.05, 3.63) is 42.6 Å². The highest BCUT2D eigenvalue weighted by molar-refractivity contribution is 7.72. The van der Waals surface area contributed by atoms with Gasteiger partial charge < -0.3 is 4.98 Å². The highest BCUT2D eigenvalue weighted by atomic mass is 32.2. The van der Waals surface area contributed by atoms with Crippen molar-refractivity contribution in [2.24, 2.45) is 0 Å². The van der Waals surface area contributed by atoms with E-state index < -0.39 is 10.7 Å². The van der Waals surface area contributed by atoms with Crippen molar-refractivity contribution in [3.8, 4) is 11.3 Å². The molecule has 0 fully saturated rings. The van der Waals surface area contributed by atoms with Crippen LogP contribution >= 0.6 is 0 Å². The predicted octanol–water partition coefficient (Wildman–Crippen LogP) is 1.65. The van der Waals surface area contributed by atoms with Crippen LogP contribution in [0.15, 0.2) is 47.5 Å². The lowest BCUT2D eigenvalue weighted by atomic mass is 10.2. The van der Waals surface area contributed by atoms with Crippen molar-refractivity contribution in [3.63, 3.8) is 0 Å². The van der Waals surface area contributed by atoms with Gasteiger partial charge >= 0.3 is 0 Å². The molecule has 4 heteroatoms. The molecular weight excluding hydrogens is 198 g/mol. The quantitative estimate of drug-likeness (QED) is 0.736. The summed E-state index contributed by atoms with van der Waals surface area (Å²) >= 11 is 0. The van der Waals surface area contributed by atoms with E-state index in [1.165, 1.54) is 6.20 Å². The standard InChI is InChI=1S/C10H9NO2S/c12-14(13)9-6-10(11-7-9)8-4-2-1-3-5-8/h1-7,11,14H. The second-order valence-corrected chi connectivity index (χ2v) is 3.93. The average molecular weight is 207 g/mol. The number of aromatic nitrogens is 1. The zero-order chi connectivity index (χ0) is 9.97. The molecule has 0 radical (unpaired) electrons. The van der Waals surface area contributed by atoms with Gasteiger partial charge in [0.2, 0.25) is 0 Å². The summed E-state index contributed by atoms with van der Waals surface area (Å²) in [5, 5.41) is 0. The maximum absolute atomic E-state index is 10.7. The Labute approximate surface area is 83.4 Å².